The Bertz CT molecular complexity index is 1380. The summed E-state index contributed by atoms with van der Waals surface area (Å²) >= 11 is 0. The van der Waals surface area contributed by atoms with E-state index in [0.717, 1.165) is 6.07 Å². The number of nitrogens with two attached hydrogens (primary N) is 1. The monoisotopic (exact) mass is 583 g/mol. The molecule has 41 heavy (non-hydrogen) atoms. The molecule has 0 saturated carbocycles. The van der Waals surface area contributed by atoms with Gasteiger partial charge in [-0.3, -0.25) is 19.3 Å². The normalized spacial score (nSPS) is 26.3. The van der Waals surface area contributed by atoms with Crippen LogP contribution >= 0.6 is 0 Å². The van der Waals surface area contributed by atoms with Crippen molar-refractivity contribution in [3.63, 3.8) is 0 Å². The summed E-state index contributed by atoms with van der Waals surface area (Å²) in [4.78, 5) is 42.6. The van der Waals surface area contributed by atoms with Gasteiger partial charge >= 0.3 is 6.36 Å². The van der Waals surface area contributed by atoms with E-state index < -0.39 is 87.0 Å². The number of amides is 1. The molecule has 1 aromatic rings. The average molecular weight is 584 g/mol. The van der Waals surface area contributed by atoms with Crippen LogP contribution in [0.2, 0.25) is 0 Å². The summed E-state index contributed by atoms with van der Waals surface area (Å²) in [7, 11) is 3.18. The van der Waals surface area contributed by atoms with Gasteiger partial charge in [0.25, 0.3) is 5.91 Å². The minimum atomic E-state index is -5.13. The number of rotatable bonds is 7. The lowest BCUT2D eigenvalue weighted by Crippen LogP contribution is -2.64. The maximum absolute atomic E-state index is 13.8. The first-order valence-electron chi connectivity index (χ1n) is 13.0. The lowest BCUT2D eigenvalue weighted by atomic mass is 9.58. The zero-order valence-corrected chi connectivity index (χ0v) is 22.9. The first-order chi connectivity index (χ1) is 19.0. The summed E-state index contributed by atoms with van der Waals surface area (Å²) in [6.45, 7) is 3.90. The number of phenols is 1. The fraction of sp³-hybridized carbons (Fsp3) is 0.519. The van der Waals surface area contributed by atoms with Crippen molar-refractivity contribution in [3.05, 3.63) is 45.4 Å². The number of halogens is 3. The van der Waals surface area contributed by atoms with Crippen molar-refractivity contribution in [2.24, 2.45) is 17.6 Å². The zero-order valence-electron chi connectivity index (χ0n) is 22.9. The molecule has 0 unspecified atom stereocenters. The number of nitrogens with zero attached hydrogens (tertiary/aromatic N) is 2. The third kappa shape index (κ3) is 4.73. The number of aliphatic hydroxyl groups is 3. The number of likely N-dealkylation sites (N-methyl/N-ethyl adjacent to an activating group) is 1. The fourth-order valence-corrected chi connectivity index (χ4v) is 6.50. The second-order valence-corrected chi connectivity index (χ2v) is 10.7. The molecule has 6 N–H and O–H groups in total. The lowest BCUT2D eigenvalue weighted by molar-refractivity contribution is -0.275. The van der Waals surface area contributed by atoms with Gasteiger partial charge < -0.3 is 35.8 Å². The zero-order chi connectivity index (χ0) is 30.8. The van der Waals surface area contributed by atoms with Gasteiger partial charge in [-0.15, -0.1) is 13.2 Å². The van der Waals surface area contributed by atoms with Crippen LogP contribution in [-0.2, 0) is 22.6 Å². The number of fused-ring (bicyclic) bond motifs is 3. The van der Waals surface area contributed by atoms with Crippen LogP contribution in [-0.4, -0.2) is 92.9 Å². The van der Waals surface area contributed by atoms with Crippen molar-refractivity contribution in [1.29, 1.82) is 0 Å². The van der Waals surface area contributed by atoms with Crippen LogP contribution in [0.25, 0.3) is 0 Å². The molecular formula is C27H32F3N3O8. The molecule has 1 aromatic carbocycles. The van der Waals surface area contributed by atoms with Crippen molar-refractivity contribution in [3.8, 4) is 11.5 Å². The predicted molar refractivity (Wildman–Crippen MR) is 137 cm³/mol. The standard InChI is InChI=1S/C27H32F3N3O8/c1-5-33(6-2)19-14-8-11-7-13-17(15(34)9-12(10-32(3)4)22(13)41-27(28,29)30)20(35)16(11)23(37)26(14,40)24(38)18(21(19)36)25(31)39/h9,11,14,19,34,36-37,40H,5-8,10H2,1-4H3,(H2,31,39)/t11-,14-,19-,26-/m0/s1. The molecule has 0 aromatic heterocycles. The minimum absolute atomic E-state index is 0.0409. The Morgan fingerprint density at radius 3 is 2.29 bits per heavy atom. The van der Waals surface area contributed by atoms with E-state index in [1.807, 2.05) is 0 Å². The molecule has 11 nitrogen and oxygen atoms in total. The Labute approximate surface area is 233 Å². The third-order valence-corrected chi connectivity index (χ3v) is 8.10. The van der Waals surface area contributed by atoms with E-state index in [2.05, 4.69) is 4.74 Å². The van der Waals surface area contributed by atoms with E-state index in [4.69, 9.17) is 5.73 Å². The van der Waals surface area contributed by atoms with Crippen molar-refractivity contribution >= 4 is 17.5 Å². The summed E-state index contributed by atoms with van der Waals surface area (Å²) < 4.78 is 44.9. The molecular weight excluding hydrogens is 551 g/mol. The molecule has 0 spiro atoms. The molecule has 3 aliphatic rings. The molecule has 3 aliphatic carbocycles. The summed E-state index contributed by atoms with van der Waals surface area (Å²) in [5.74, 6) is -9.34. The molecule has 1 amide bonds. The third-order valence-electron chi connectivity index (χ3n) is 8.10. The van der Waals surface area contributed by atoms with Crippen LogP contribution in [0.1, 0.15) is 41.8 Å². The largest absolute Gasteiger partial charge is 0.573 e. The molecule has 0 fully saturated rings. The van der Waals surface area contributed by atoms with E-state index in [1.165, 1.54) is 0 Å². The number of allylic oxidation sites excluding steroid dienone is 1. The van der Waals surface area contributed by atoms with E-state index in [1.54, 1.807) is 37.7 Å². The highest BCUT2D eigenvalue weighted by Gasteiger charge is 2.63. The van der Waals surface area contributed by atoms with Gasteiger partial charge in [0.05, 0.1) is 11.6 Å². The Hall–Kier alpha value is -3.62. The van der Waals surface area contributed by atoms with Crippen molar-refractivity contribution in [1.82, 2.24) is 9.80 Å². The van der Waals surface area contributed by atoms with Crippen LogP contribution < -0.4 is 10.5 Å². The number of hydrogen-bond donors (Lipinski definition) is 5. The van der Waals surface area contributed by atoms with Crippen molar-refractivity contribution < 1.29 is 52.7 Å². The van der Waals surface area contributed by atoms with Crippen molar-refractivity contribution in [2.45, 2.75) is 51.2 Å². The van der Waals surface area contributed by atoms with E-state index in [0.29, 0.717) is 0 Å². The number of benzene rings is 1. The Morgan fingerprint density at radius 2 is 1.78 bits per heavy atom. The maximum atomic E-state index is 13.8. The second kappa shape index (κ2) is 10.3. The number of carbonyl (C=O) groups excluding carboxylic acids is 3. The fourth-order valence-electron chi connectivity index (χ4n) is 6.50. The molecule has 0 bridgehead atoms. The quantitative estimate of drug-likeness (QED) is 0.298. The van der Waals surface area contributed by atoms with Gasteiger partial charge in [-0.1, -0.05) is 13.8 Å². The molecule has 4 atom stereocenters. The first-order valence-corrected chi connectivity index (χ1v) is 13.0. The number of ketones is 2. The molecule has 0 radical (unpaired) electrons. The highest BCUT2D eigenvalue weighted by molar-refractivity contribution is 6.24. The number of carbonyl (C=O) groups is 3. The second-order valence-electron chi connectivity index (χ2n) is 10.7. The van der Waals surface area contributed by atoms with Gasteiger partial charge in [-0.25, -0.2) is 0 Å². The van der Waals surface area contributed by atoms with Gasteiger partial charge in [-0.05, 0) is 52.0 Å². The van der Waals surface area contributed by atoms with Gasteiger partial charge in [0, 0.05) is 29.2 Å². The number of alkyl halides is 3. The van der Waals surface area contributed by atoms with Crippen LogP contribution in [0.4, 0.5) is 13.2 Å². The summed E-state index contributed by atoms with van der Waals surface area (Å²) in [5.41, 5.74) is 0.254. The van der Waals surface area contributed by atoms with Crippen LogP contribution in [0.5, 0.6) is 11.5 Å². The lowest BCUT2D eigenvalue weighted by Gasteiger charge is -2.51. The minimum Gasteiger partial charge on any atom is -0.510 e. The van der Waals surface area contributed by atoms with E-state index in [9.17, 15) is 48.0 Å². The van der Waals surface area contributed by atoms with Crippen LogP contribution in [0.15, 0.2) is 28.7 Å². The summed E-state index contributed by atoms with van der Waals surface area (Å²) in [5, 5.41) is 45.0. The SMILES string of the molecule is CCN(CC)[C@@H]1C(O)=C(C(N)=O)C(=O)[C@@]2(O)C(O)=C3C(=O)c4c(O)cc(CN(C)C)c(OC(F)(F)F)c4C[C@H]3C[C@@H]12. The Kier molecular flexibility index (Phi) is 7.65. The van der Waals surface area contributed by atoms with Crippen LogP contribution in [0, 0.1) is 11.8 Å². The number of primary amides is 1. The first kappa shape index (κ1) is 30.3. The number of ether oxygens (including phenoxy) is 1. The van der Waals surface area contributed by atoms with Gasteiger partial charge in [-0.2, -0.15) is 0 Å². The Balaban J connectivity index is 1.98. The summed E-state index contributed by atoms with van der Waals surface area (Å²) in [6.07, 6.45) is -5.72. The highest BCUT2D eigenvalue weighted by atomic mass is 19.4. The van der Waals surface area contributed by atoms with E-state index in [-0.39, 0.29) is 43.6 Å². The van der Waals surface area contributed by atoms with E-state index >= 15 is 0 Å². The van der Waals surface area contributed by atoms with Crippen LogP contribution in [0.3, 0.4) is 0 Å². The number of aromatic hydroxyl groups is 1. The predicted octanol–water partition coefficient (Wildman–Crippen LogP) is 1.86. The number of Topliss-reactive ketones (excluding diaryl/α,β-unsaturated/α-hetero) is 2. The topological polar surface area (TPSA) is 174 Å². The smallest absolute Gasteiger partial charge is 0.510 e. The van der Waals surface area contributed by atoms with Gasteiger partial charge in [0.2, 0.25) is 5.78 Å². The molecule has 4 rings (SSSR count). The molecule has 0 aliphatic heterocycles. The maximum Gasteiger partial charge on any atom is 0.573 e. The molecule has 224 valence electrons. The number of phenolic OH excluding ortho intramolecular Hbond substituents is 1. The highest BCUT2D eigenvalue weighted by Crippen LogP contribution is 2.54. The molecule has 0 heterocycles. The Morgan fingerprint density at radius 1 is 1.17 bits per heavy atom. The van der Waals surface area contributed by atoms with Gasteiger partial charge in [0.15, 0.2) is 11.4 Å². The number of aliphatic hydroxyl groups excluding tert-OH is 2. The van der Waals surface area contributed by atoms with Crippen molar-refractivity contribution in [2.75, 3.05) is 27.2 Å². The molecule has 14 heteroatoms. The van der Waals surface area contributed by atoms with Gasteiger partial charge in [0.1, 0.15) is 28.6 Å². The molecule has 0 saturated heterocycles. The summed E-state index contributed by atoms with van der Waals surface area (Å²) in [6, 6.07) is -0.237. The average Bonchev–Trinajstić information content (AvgIpc) is 2.84. The number of hydrogen-bond acceptors (Lipinski definition) is 10.